The van der Waals surface area contributed by atoms with Crippen molar-refractivity contribution in [1.82, 2.24) is 5.32 Å². The first-order valence-electron chi connectivity index (χ1n) is 9.53. The Bertz CT molecular complexity index is 876. The number of hydrogen-bond donors (Lipinski definition) is 2. The molecule has 0 bridgehead atoms. The van der Waals surface area contributed by atoms with Crippen LogP contribution >= 0.6 is 11.8 Å². The Morgan fingerprint density at radius 2 is 1.96 bits per heavy atom. The van der Waals surface area contributed by atoms with Gasteiger partial charge in [0.2, 0.25) is 0 Å². The molecule has 3 aliphatic rings. The average Bonchev–Trinajstić information content (AvgIpc) is 3.10. The highest BCUT2D eigenvalue weighted by Gasteiger charge is 2.42. The summed E-state index contributed by atoms with van der Waals surface area (Å²) in [4.78, 5) is 17.1. The van der Waals surface area contributed by atoms with E-state index in [2.05, 4.69) is 15.6 Å². The van der Waals surface area contributed by atoms with E-state index in [9.17, 15) is 13.2 Å². The lowest BCUT2D eigenvalue weighted by Gasteiger charge is -2.23. The van der Waals surface area contributed by atoms with E-state index in [-0.39, 0.29) is 34.7 Å². The minimum atomic E-state index is -2.95. The van der Waals surface area contributed by atoms with E-state index in [0.29, 0.717) is 5.56 Å². The van der Waals surface area contributed by atoms with Crippen molar-refractivity contribution >= 4 is 38.4 Å². The summed E-state index contributed by atoms with van der Waals surface area (Å²) in [5.74, 6) is 0.298. The summed E-state index contributed by atoms with van der Waals surface area (Å²) < 4.78 is 23.4. The highest BCUT2D eigenvalue weighted by atomic mass is 32.2. The number of carbonyl (C=O) groups excluding carboxylic acids is 1. The maximum Gasteiger partial charge on any atom is 0.251 e. The van der Waals surface area contributed by atoms with Gasteiger partial charge < -0.3 is 10.6 Å². The van der Waals surface area contributed by atoms with E-state index in [0.717, 1.165) is 29.3 Å². The molecule has 0 radical (unpaired) electrons. The van der Waals surface area contributed by atoms with Crippen molar-refractivity contribution in [2.75, 3.05) is 16.8 Å². The largest absolute Gasteiger partial charge is 0.349 e. The molecule has 2 N–H and O–H groups in total. The van der Waals surface area contributed by atoms with E-state index in [4.69, 9.17) is 0 Å². The molecule has 146 valence electrons. The number of benzene rings is 1. The summed E-state index contributed by atoms with van der Waals surface area (Å²) in [6, 6.07) is 5.77. The standard InChI is InChI=1S/C19H25N3O3S2/c1-12-7-8-13(18(23)20-14-5-3-2-4-6-14)9-15(12)21-19-22-16-10-27(24,25)11-17(16)26-19/h7-9,14,16-17H,2-6,10-11H2,1H3,(H,20,23)(H,21,22). The highest BCUT2D eigenvalue weighted by molar-refractivity contribution is 8.15. The summed E-state index contributed by atoms with van der Waals surface area (Å²) in [5, 5.41) is 7.20. The Morgan fingerprint density at radius 3 is 2.70 bits per heavy atom. The number of nitrogens with zero attached hydrogens (tertiary/aromatic N) is 1. The van der Waals surface area contributed by atoms with Crippen LogP contribution in [0.25, 0.3) is 0 Å². The van der Waals surface area contributed by atoms with Gasteiger partial charge in [-0.15, -0.1) is 0 Å². The van der Waals surface area contributed by atoms with Crippen LogP contribution in [0.2, 0.25) is 0 Å². The van der Waals surface area contributed by atoms with Gasteiger partial charge in [-0.2, -0.15) is 0 Å². The van der Waals surface area contributed by atoms with E-state index >= 15 is 0 Å². The number of amides is 1. The predicted molar refractivity (Wildman–Crippen MR) is 110 cm³/mol. The number of nitrogens with one attached hydrogen (secondary N) is 2. The fourth-order valence-electron chi connectivity index (χ4n) is 3.94. The normalized spacial score (nSPS) is 27.1. The monoisotopic (exact) mass is 407 g/mol. The van der Waals surface area contributed by atoms with Crippen LogP contribution < -0.4 is 10.6 Å². The van der Waals surface area contributed by atoms with Gasteiger partial charge in [-0.3, -0.25) is 9.79 Å². The number of hydrogen-bond acceptors (Lipinski definition) is 6. The molecule has 6 nitrogen and oxygen atoms in total. The fourth-order valence-corrected chi connectivity index (χ4v) is 7.61. The lowest BCUT2D eigenvalue weighted by Crippen LogP contribution is -2.36. The number of aryl methyl sites for hydroxylation is 1. The molecule has 1 aliphatic carbocycles. The van der Waals surface area contributed by atoms with Gasteiger partial charge in [-0.05, 0) is 37.5 Å². The molecular weight excluding hydrogens is 382 g/mol. The molecule has 1 amide bonds. The van der Waals surface area contributed by atoms with Gasteiger partial charge in [-0.25, -0.2) is 8.42 Å². The number of rotatable bonds is 3. The third-order valence-electron chi connectivity index (χ3n) is 5.50. The molecule has 27 heavy (non-hydrogen) atoms. The maximum atomic E-state index is 12.6. The maximum absolute atomic E-state index is 12.6. The van der Waals surface area contributed by atoms with E-state index in [1.807, 2.05) is 25.1 Å². The zero-order valence-electron chi connectivity index (χ0n) is 15.4. The van der Waals surface area contributed by atoms with E-state index in [1.54, 1.807) is 0 Å². The first kappa shape index (κ1) is 18.8. The molecule has 0 spiro atoms. The third-order valence-corrected chi connectivity index (χ3v) is 8.64. The Hall–Kier alpha value is -1.54. The van der Waals surface area contributed by atoms with Crippen LogP contribution in [0.15, 0.2) is 23.2 Å². The molecule has 2 aliphatic heterocycles. The first-order valence-corrected chi connectivity index (χ1v) is 12.2. The number of aliphatic imine (C=N–C) groups is 1. The van der Waals surface area contributed by atoms with Crippen molar-refractivity contribution in [3.05, 3.63) is 29.3 Å². The number of carbonyl (C=O) groups is 1. The molecule has 1 saturated carbocycles. The van der Waals surface area contributed by atoms with Crippen LogP contribution in [-0.2, 0) is 9.84 Å². The second-order valence-electron chi connectivity index (χ2n) is 7.70. The second kappa shape index (κ2) is 7.47. The van der Waals surface area contributed by atoms with Crippen molar-refractivity contribution in [1.29, 1.82) is 0 Å². The van der Waals surface area contributed by atoms with Crippen LogP contribution in [0.1, 0.15) is 48.0 Å². The van der Waals surface area contributed by atoms with Crippen LogP contribution in [0.3, 0.4) is 0 Å². The fraction of sp³-hybridized carbons (Fsp3) is 0.579. The average molecular weight is 408 g/mol. The SMILES string of the molecule is Cc1ccc(C(=O)NC2CCCCC2)cc1NC1=NC2CS(=O)(=O)CC2S1. The quantitative estimate of drug-likeness (QED) is 0.804. The minimum absolute atomic E-state index is 0.00980. The predicted octanol–water partition coefficient (Wildman–Crippen LogP) is 2.74. The molecule has 1 saturated heterocycles. The smallest absolute Gasteiger partial charge is 0.251 e. The molecule has 2 heterocycles. The summed E-state index contributed by atoms with van der Waals surface area (Å²) in [5.41, 5.74) is 2.51. The van der Waals surface area contributed by atoms with Gasteiger partial charge in [-0.1, -0.05) is 37.1 Å². The Balaban J connectivity index is 1.44. The second-order valence-corrected chi connectivity index (χ2v) is 11.1. The van der Waals surface area contributed by atoms with E-state index < -0.39 is 9.84 Å². The number of fused-ring (bicyclic) bond motifs is 1. The van der Waals surface area contributed by atoms with Gasteiger partial charge >= 0.3 is 0 Å². The van der Waals surface area contributed by atoms with Crippen LogP contribution in [0, 0.1) is 6.92 Å². The van der Waals surface area contributed by atoms with Crippen molar-refractivity contribution in [2.24, 2.45) is 4.99 Å². The van der Waals surface area contributed by atoms with E-state index in [1.165, 1.54) is 31.0 Å². The zero-order valence-corrected chi connectivity index (χ0v) is 17.0. The summed E-state index contributed by atoms with van der Waals surface area (Å²) >= 11 is 1.49. The first-order chi connectivity index (χ1) is 12.9. The van der Waals surface area contributed by atoms with Gasteiger partial charge in [0.15, 0.2) is 15.0 Å². The molecule has 4 rings (SSSR count). The Morgan fingerprint density at radius 1 is 1.19 bits per heavy atom. The van der Waals surface area contributed by atoms with Crippen molar-refractivity contribution < 1.29 is 13.2 Å². The summed E-state index contributed by atoms with van der Waals surface area (Å²) in [6.07, 6.45) is 5.74. The Kier molecular flexibility index (Phi) is 5.20. The van der Waals surface area contributed by atoms with Crippen LogP contribution in [0.5, 0.6) is 0 Å². The van der Waals surface area contributed by atoms with Gasteiger partial charge in [0, 0.05) is 22.5 Å². The minimum Gasteiger partial charge on any atom is -0.349 e. The molecule has 2 unspecified atom stereocenters. The Labute approximate surface area is 164 Å². The van der Waals surface area contributed by atoms with Crippen molar-refractivity contribution in [3.8, 4) is 0 Å². The molecule has 8 heteroatoms. The lowest BCUT2D eigenvalue weighted by molar-refractivity contribution is 0.0927. The highest BCUT2D eigenvalue weighted by Crippen LogP contribution is 2.35. The molecule has 2 atom stereocenters. The zero-order chi connectivity index (χ0) is 19.0. The van der Waals surface area contributed by atoms with Gasteiger partial charge in [0.25, 0.3) is 5.91 Å². The van der Waals surface area contributed by atoms with Crippen molar-refractivity contribution in [2.45, 2.75) is 56.4 Å². The lowest BCUT2D eigenvalue weighted by atomic mass is 9.95. The number of anilines is 1. The third kappa shape index (κ3) is 4.32. The molecule has 1 aromatic rings. The molecule has 2 fully saturated rings. The van der Waals surface area contributed by atoms with Gasteiger partial charge in [0.05, 0.1) is 17.5 Å². The van der Waals surface area contributed by atoms with Crippen LogP contribution in [-0.4, -0.2) is 48.3 Å². The summed E-state index contributed by atoms with van der Waals surface area (Å²) in [7, 11) is -2.95. The molecular formula is C19H25N3O3S2. The topological polar surface area (TPSA) is 87.6 Å². The summed E-state index contributed by atoms with van der Waals surface area (Å²) in [6.45, 7) is 1.98. The number of thioether (sulfide) groups is 1. The van der Waals surface area contributed by atoms with Gasteiger partial charge in [0.1, 0.15) is 0 Å². The number of amidine groups is 1. The molecule has 1 aromatic carbocycles. The van der Waals surface area contributed by atoms with Crippen molar-refractivity contribution in [3.63, 3.8) is 0 Å². The number of sulfone groups is 1. The molecule has 0 aromatic heterocycles. The van der Waals surface area contributed by atoms with Crippen LogP contribution in [0.4, 0.5) is 5.69 Å².